The van der Waals surface area contributed by atoms with Gasteiger partial charge in [-0.25, -0.2) is 4.98 Å². The Hall–Kier alpha value is -3.94. The lowest BCUT2D eigenvalue weighted by Gasteiger charge is -2.06. The Labute approximate surface area is 159 Å². The molecular formula is C20H16N6O2. The molecule has 0 fully saturated rings. The number of imidazole rings is 1. The Morgan fingerprint density at radius 3 is 2.57 bits per heavy atom. The first-order valence-electron chi connectivity index (χ1n) is 8.77. The maximum absolute atomic E-state index is 6.12. The molecule has 0 spiro atoms. The molecule has 138 valence electrons. The summed E-state index contributed by atoms with van der Waals surface area (Å²) in [7, 11) is 0. The summed E-state index contributed by atoms with van der Waals surface area (Å²) in [6.45, 7) is 2.17. The highest BCUT2D eigenvalue weighted by Gasteiger charge is 2.20. The molecule has 0 atom stereocenters. The molecule has 0 bridgehead atoms. The lowest BCUT2D eigenvalue weighted by atomic mass is 10.1. The minimum absolute atomic E-state index is 0.399. The van der Waals surface area contributed by atoms with Gasteiger partial charge in [0.25, 0.3) is 0 Å². The highest BCUT2D eigenvalue weighted by molar-refractivity contribution is 5.77. The third-order valence-electron chi connectivity index (χ3n) is 4.36. The van der Waals surface area contributed by atoms with E-state index in [2.05, 4.69) is 25.4 Å². The van der Waals surface area contributed by atoms with Gasteiger partial charge >= 0.3 is 0 Å². The molecule has 0 saturated heterocycles. The first-order valence-corrected chi connectivity index (χ1v) is 8.77. The molecule has 1 N–H and O–H groups in total. The molecule has 0 amide bonds. The van der Waals surface area contributed by atoms with Crippen molar-refractivity contribution in [3.63, 3.8) is 0 Å². The van der Waals surface area contributed by atoms with Crippen LogP contribution in [0.4, 0.5) is 0 Å². The third-order valence-corrected chi connectivity index (χ3v) is 4.36. The predicted molar refractivity (Wildman–Crippen MR) is 101 cm³/mol. The molecule has 0 aliphatic carbocycles. The van der Waals surface area contributed by atoms with Gasteiger partial charge in [0.15, 0.2) is 11.5 Å². The number of nitrogens with zero attached hydrogens (tertiary/aromatic N) is 5. The van der Waals surface area contributed by atoms with Crippen LogP contribution in [0.1, 0.15) is 11.8 Å². The van der Waals surface area contributed by atoms with E-state index in [1.807, 2.05) is 53.1 Å². The van der Waals surface area contributed by atoms with Crippen molar-refractivity contribution < 1.29 is 8.83 Å². The molecule has 0 saturated carbocycles. The van der Waals surface area contributed by atoms with Crippen molar-refractivity contribution in [1.29, 1.82) is 0 Å². The van der Waals surface area contributed by atoms with Crippen molar-refractivity contribution in [2.45, 2.75) is 13.5 Å². The van der Waals surface area contributed by atoms with Gasteiger partial charge in [-0.15, -0.1) is 10.2 Å². The molecule has 0 unspecified atom stereocenters. The number of hydrogen-bond acceptors (Lipinski definition) is 6. The smallest absolute Gasteiger partial charge is 0.236 e. The molecule has 0 radical (unpaired) electrons. The SMILES string of the molecule is Cc1nnc(Cn2cnc(-c3ccccc3)c2-c2ccc(-c3ccn[nH]3)o2)o1. The molecule has 8 heteroatoms. The van der Waals surface area contributed by atoms with E-state index in [0.717, 1.165) is 22.6 Å². The van der Waals surface area contributed by atoms with Crippen molar-refractivity contribution >= 4 is 0 Å². The number of furan rings is 1. The van der Waals surface area contributed by atoms with E-state index in [9.17, 15) is 0 Å². The summed E-state index contributed by atoms with van der Waals surface area (Å²) >= 11 is 0. The topological polar surface area (TPSA) is 98.6 Å². The Bertz CT molecular complexity index is 1200. The average molecular weight is 372 g/mol. The van der Waals surface area contributed by atoms with Crippen LogP contribution in [0.2, 0.25) is 0 Å². The minimum Gasteiger partial charge on any atom is -0.453 e. The van der Waals surface area contributed by atoms with E-state index in [0.29, 0.717) is 29.8 Å². The molecule has 4 aromatic heterocycles. The molecule has 0 aliphatic rings. The zero-order valence-electron chi connectivity index (χ0n) is 15.0. The second kappa shape index (κ2) is 6.66. The van der Waals surface area contributed by atoms with Crippen LogP contribution in [0, 0.1) is 6.92 Å². The van der Waals surface area contributed by atoms with Gasteiger partial charge in [-0.05, 0) is 18.2 Å². The molecule has 0 aliphatic heterocycles. The molecule has 5 aromatic rings. The minimum atomic E-state index is 0.399. The van der Waals surface area contributed by atoms with E-state index < -0.39 is 0 Å². The number of rotatable bonds is 5. The number of aromatic amines is 1. The summed E-state index contributed by atoms with van der Waals surface area (Å²) in [5, 5.41) is 14.9. The number of H-pyrrole nitrogens is 1. The standard InChI is InChI=1S/C20H16N6O2/c1-13-23-25-18(27-13)11-26-12-21-19(14-5-3-2-4-6-14)20(26)17-8-7-16(28-17)15-9-10-22-24-15/h2-10,12H,11H2,1H3,(H,22,24). The molecular weight excluding hydrogens is 356 g/mol. The Morgan fingerprint density at radius 2 is 1.82 bits per heavy atom. The first-order chi connectivity index (χ1) is 13.8. The average Bonchev–Trinajstić information content (AvgIpc) is 3.50. The Balaban J connectivity index is 1.62. The van der Waals surface area contributed by atoms with E-state index >= 15 is 0 Å². The van der Waals surface area contributed by atoms with Crippen molar-refractivity contribution in [3.8, 4) is 34.2 Å². The van der Waals surface area contributed by atoms with Crippen LogP contribution in [-0.2, 0) is 6.54 Å². The normalized spacial score (nSPS) is 11.2. The van der Waals surface area contributed by atoms with E-state index in [1.165, 1.54) is 0 Å². The number of nitrogens with one attached hydrogen (secondary N) is 1. The predicted octanol–water partition coefficient (Wildman–Crippen LogP) is 3.94. The fraction of sp³-hybridized carbons (Fsp3) is 0.100. The van der Waals surface area contributed by atoms with Crippen LogP contribution in [0.3, 0.4) is 0 Å². The fourth-order valence-corrected chi connectivity index (χ4v) is 3.12. The van der Waals surface area contributed by atoms with Crippen LogP contribution >= 0.6 is 0 Å². The van der Waals surface area contributed by atoms with Crippen molar-refractivity contribution in [2.75, 3.05) is 0 Å². The van der Waals surface area contributed by atoms with E-state index in [4.69, 9.17) is 8.83 Å². The highest BCUT2D eigenvalue weighted by atomic mass is 16.4. The third kappa shape index (κ3) is 2.90. The van der Waals surface area contributed by atoms with Gasteiger partial charge in [0.1, 0.15) is 17.9 Å². The van der Waals surface area contributed by atoms with Crippen LogP contribution in [0.15, 0.2) is 69.9 Å². The zero-order chi connectivity index (χ0) is 18.9. The summed E-state index contributed by atoms with van der Waals surface area (Å²) < 4.78 is 13.6. The molecule has 4 heterocycles. The second-order valence-corrected chi connectivity index (χ2v) is 6.28. The van der Waals surface area contributed by atoms with Gasteiger partial charge in [0.05, 0.1) is 12.0 Å². The summed E-state index contributed by atoms with van der Waals surface area (Å²) in [5.74, 6) is 2.43. The molecule has 5 rings (SSSR count). The number of aromatic nitrogens is 6. The summed E-state index contributed by atoms with van der Waals surface area (Å²) in [6, 6.07) is 15.7. The summed E-state index contributed by atoms with van der Waals surface area (Å²) in [6.07, 6.45) is 3.45. The van der Waals surface area contributed by atoms with Crippen molar-refractivity contribution in [3.05, 3.63) is 72.8 Å². The highest BCUT2D eigenvalue weighted by Crippen LogP contribution is 2.34. The number of aryl methyl sites for hydroxylation is 1. The van der Waals surface area contributed by atoms with Gasteiger partial charge in [-0.3, -0.25) is 5.10 Å². The zero-order valence-corrected chi connectivity index (χ0v) is 15.0. The van der Waals surface area contributed by atoms with E-state index in [-0.39, 0.29) is 0 Å². The molecule has 28 heavy (non-hydrogen) atoms. The maximum atomic E-state index is 6.12. The van der Waals surface area contributed by atoms with Crippen LogP contribution in [0.5, 0.6) is 0 Å². The number of hydrogen-bond donors (Lipinski definition) is 1. The Morgan fingerprint density at radius 1 is 0.964 bits per heavy atom. The van der Waals surface area contributed by atoms with Crippen LogP contribution in [0.25, 0.3) is 34.2 Å². The fourth-order valence-electron chi connectivity index (χ4n) is 3.12. The van der Waals surface area contributed by atoms with Crippen molar-refractivity contribution in [2.24, 2.45) is 0 Å². The van der Waals surface area contributed by atoms with Crippen molar-refractivity contribution in [1.82, 2.24) is 29.9 Å². The van der Waals surface area contributed by atoms with Gasteiger partial charge < -0.3 is 13.4 Å². The lowest BCUT2D eigenvalue weighted by Crippen LogP contribution is -2.01. The summed E-state index contributed by atoms with van der Waals surface area (Å²) in [4.78, 5) is 4.63. The first kappa shape index (κ1) is 16.2. The van der Waals surface area contributed by atoms with E-state index in [1.54, 1.807) is 19.4 Å². The lowest BCUT2D eigenvalue weighted by molar-refractivity contribution is 0.454. The maximum Gasteiger partial charge on any atom is 0.236 e. The Kier molecular flexibility index (Phi) is 3.86. The van der Waals surface area contributed by atoms with Gasteiger partial charge in [0.2, 0.25) is 11.8 Å². The monoisotopic (exact) mass is 372 g/mol. The van der Waals surface area contributed by atoms with Gasteiger partial charge in [-0.2, -0.15) is 5.10 Å². The largest absolute Gasteiger partial charge is 0.453 e. The molecule has 8 nitrogen and oxygen atoms in total. The summed E-state index contributed by atoms with van der Waals surface area (Å²) in [5.41, 5.74) is 3.47. The molecule has 1 aromatic carbocycles. The quantitative estimate of drug-likeness (QED) is 0.502. The van der Waals surface area contributed by atoms with Crippen LogP contribution < -0.4 is 0 Å². The van der Waals surface area contributed by atoms with Gasteiger partial charge in [0, 0.05) is 18.7 Å². The number of benzene rings is 1. The van der Waals surface area contributed by atoms with Crippen LogP contribution in [-0.4, -0.2) is 29.9 Å². The van der Waals surface area contributed by atoms with Gasteiger partial charge in [-0.1, -0.05) is 30.3 Å². The second-order valence-electron chi connectivity index (χ2n) is 6.28.